The smallest absolute Gasteiger partial charge is 0.267 e. The van der Waals surface area contributed by atoms with Gasteiger partial charge in [0.2, 0.25) is 5.91 Å². The van der Waals surface area contributed by atoms with Crippen molar-refractivity contribution in [3.8, 4) is 5.75 Å². The van der Waals surface area contributed by atoms with E-state index in [1.165, 1.54) is 0 Å². The number of anilines is 2. The molecule has 138 valence electrons. The molecule has 2 amide bonds. The minimum atomic E-state index is -1.04. The van der Waals surface area contributed by atoms with Crippen molar-refractivity contribution in [2.45, 2.75) is 39.2 Å². The molecule has 0 atom stereocenters. The van der Waals surface area contributed by atoms with Gasteiger partial charge in [-0.25, -0.2) is 0 Å². The molecular formula is C20H23BrN2O3. The summed E-state index contributed by atoms with van der Waals surface area (Å²) >= 11 is 3.37. The number of hydrogen-bond acceptors (Lipinski definition) is 3. The first-order valence-corrected chi connectivity index (χ1v) is 9.25. The van der Waals surface area contributed by atoms with Crippen molar-refractivity contribution in [1.29, 1.82) is 0 Å². The van der Waals surface area contributed by atoms with Gasteiger partial charge in [0, 0.05) is 22.3 Å². The highest BCUT2D eigenvalue weighted by atomic mass is 79.9. The number of rotatable bonds is 7. The summed E-state index contributed by atoms with van der Waals surface area (Å²) in [7, 11) is 0. The molecule has 0 aromatic heterocycles. The van der Waals surface area contributed by atoms with Crippen LogP contribution in [0.25, 0.3) is 0 Å². The summed E-state index contributed by atoms with van der Waals surface area (Å²) in [6, 6.07) is 14.3. The molecule has 0 spiro atoms. The Hall–Kier alpha value is -2.34. The highest BCUT2D eigenvalue weighted by molar-refractivity contribution is 9.10. The van der Waals surface area contributed by atoms with Gasteiger partial charge in [0.1, 0.15) is 5.75 Å². The van der Waals surface area contributed by atoms with Crippen LogP contribution in [-0.4, -0.2) is 17.4 Å². The van der Waals surface area contributed by atoms with Crippen LogP contribution in [0.4, 0.5) is 11.4 Å². The minimum absolute atomic E-state index is 0.0201. The number of nitrogens with one attached hydrogen (secondary N) is 2. The Morgan fingerprint density at radius 2 is 1.50 bits per heavy atom. The van der Waals surface area contributed by atoms with E-state index in [9.17, 15) is 9.59 Å². The molecule has 0 radical (unpaired) electrons. The largest absolute Gasteiger partial charge is 0.478 e. The first kappa shape index (κ1) is 20.0. The predicted octanol–water partition coefficient (Wildman–Crippen LogP) is 4.98. The summed E-state index contributed by atoms with van der Waals surface area (Å²) in [6.07, 6.45) is 1.29. The van der Waals surface area contributed by atoms with Gasteiger partial charge in [0.05, 0.1) is 0 Å². The minimum Gasteiger partial charge on any atom is -0.478 e. The molecule has 26 heavy (non-hydrogen) atoms. The molecule has 2 aromatic rings. The lowest BCUT2D eigenvalue weighted by Crippen LogP contribution is -2.42. The van der Waals surface area contributed by atoms with Gasteiger partial charge in [-0.05, 0) is 68.8 Å². The predicted molar refractivity (Wildman–Crippen MR) is 107 cm³/mol. The average Bonchev–Trinajstić information content (AvgIpc) is 2.58. The van der Waals surface area contributed by atoms with Gasteiger partial charge in [0.15, 0.2) is 5.60 Å². The number of halogens is 1. The van der Waals surface area contributed by atoms with Crippen LogP contribution in [0, 0.1) is 0 Å². The second-order valence-corrected chi connectivity index (χ2v) is 7.31. The van der Waals surface area contributed by atoms with Gasteiger partial charge in [-0.15, -0.1) is 0 Å². The van der Waals surface area contributed by atoms with E-state index >= 15 is 0 Å². The number of carbonyl (C=O) groups excluding carboxylic acids is 2. The highest BCUT2D eigenvalue weighted by Crippen LogP contribution is 2.23. The molecular weight excluding hydrogens is 396 g/mol. The molecule has 2 rings (SSSR count). The number of hydrogen-bond donors (Lipinski definition) is 2. The van der Waals surface area contributed by atoms with Crippen LogP contribution in [0.2, 0.25) is 0 Å². The maximum absolute atomic E-state index is 12.5. The molecule has 0 heterocycles. The van der Waals surface area contributed by atoms with E-state index in [1.807, 2.05) is 19.1 Å². The zero-order valence-electron chi connectivity index (χ0n) is 15.1. The molecule has 2 N–H and O–H groups in total. The summed E-state index contributed by atoms with van der Waals surface area (Å²) < 4.78 is 6.75. The Labute approximate surface area is 162 Å². The molecule has 2 aromatic carbocycles. The summed E-state index contributed by atoms with van der Waals surface area (Å²) in [4.78, 5) is 24.1. The third kappa shape index (κ3) is 5.88. The number of ether oxygens (including phenoxy) is 1. The molecule has 0 fully saturated rings. The summed E-state index contributed by atoms with van der Waals surface area (Å²) in [6.45, 7) is 5.38. The zero-order chi connectivity index (χ0) is 19.2. The lowest BCUT2D eigenvalue weighted by atomic mass is 10.1. The standard InChI is InChI=1S/C20H23BrN2O3/c1-4-5-18(24)22-15-8-10-16(11-9-15)23-19(25)20(2,3)26-17-12-6-14(21)7-13-17/h6-13H,4-5H2,1-3H3,(H,22,24)(H,23,25). The van der Waals surface area contributed by atoms with Gasteiger partial charge in [0.25, 0.3) is 5.91 Å². The zero-order valence-corrected chi connectivity index (χ0v) is 16.7. The topological polar surface area (TPSA) is 67.4 Å². The van der Waals surface area contributed by atoms with E-state index in [1.54, 1.807) is 50.2 Å². The maximum atomic E-state index is 12.5. The van der Waals surface area contributed by atoms with Crippen LogP contribution in [0.1, 0.15) is 33.6 Å². The van der Waals surface area contributed by atoms with Crippen LogP contribution in [0.3, 0.4) is 0 Å². The lowest BCUT2D eigenvalue weighted by molar-refractivity contribution is -0.128. The van der Waals surface area contributed by atoms with Crippen molar-refractivity contribution < 1.29 is 14.3 Å². The Balaban J connectivity index is 1.97. The monoisotopic (exact) mass is 418 g/mol. The van der Waals surface area contributed by atoms with E-state index in [0.717, 1.165) is 10.9 Å². The molecule has 0 aliphatic rings. The normalized spacial score (nSPS) is 10.9. The van der Waals surface area contributed by atoms with Gasteiger partial charge >= 0.3 is 0 Å². The Morgan fingerprint density at radius 1 is 0.962 bits per heavy atom. The van der Waals surface area contributed by atoms with Gasteiger partial charge in [-0.3, -0.25) is 9.59 Å². The highest BCUT2D eigenvalue weighted by Gasteiger charge is 2.30. The first-order chi connectivity index (χ1) is 12.3. The average molecular weight is 419 g/mol. The third-order valence-electron chi connectivity index (χ3n) is 3.64. The Bertz CT molecular complexity index is 756. The van der Waals surface area contributed by atoms with E-state index < -0.39 is 5.60 Å². The first-order valence-electron chi connectivity index (χ1n) is 8.46. The second kappa shape index (κ2) is 8.85. The molecule has 0 saturated heterocycles. The van der Waals surface area contributed by atoms with Crippen LogP contribution in [0.15, 0.2) is 53.0 Å². The van der Waals surface area contributed by atoms with Crippen molar-refractivity contribution in [3.63, 3.8) is 0 Å². The molecule has 0 saturated carbocycles. The number of amides is 2. The maximum Gasteiger partial charge on any atom is 0.267 e. The fraction of sp³-hybridized carbons (Fsp3) is 0.300. The number of benzene rings is 2. The van der Waals surface area contributed by atoms with Crippen molar-refractivity contribution in [3.05, 3.63) is 53.0 Å². The summed E-state index contributed by atoms with van der Waals surface area (Å²) in [5.74, 6) is 0.332. The summed E-state index contributed by atoms with van der Waals surface area (Å²) in [5.41, 5.74) is 0.296. The van der Waals surface area contributed by atoms with Crippen LogP contribution < -0.4 is 15.4 Å². The van der Waals surface area contributed by atoms with Crippen molar-refractivity contribution in [2.24, 2.45) is 0 Å². The van der Waals surface area contributed by atoms with E-state index in [2.05, 4.69) is 26.6 Å². The molecule has 0 bridgehead atoms. The molecule has 5 nitrogen and oxygen atoms in total. The Morgan fingerprint density at radius 3 is 2.04 bits per heavy atom. The molecule has 0 unspecified atom stereocenters. The summed E-state index contributed by atoms with van der Waals surface area (Å²) in [5, 5.41) is 5.64. The molecule has 0 aliphatic carbocycles. The van der Waals surface area contributed by atoms with Crippen LogP contribution in [-0.2, 0) is 9.59 Å². The fourth-order valence-corrected chi connectivity index (χ4v) is 2.48. The Kier molecular flexibility index (Phi) is 6.80. The molecule has 0 aliphatic heterocycles. The SMILES string of the molecule is CCCC(=O)Nc1ccc(NC(=O)C(C)(C)Oc2ccc(Br)cc2)cc1. The van der Waals surface area contributed by atoms with E-state index in [4.69, 9.17) is 4.74 Å². The van der Waals surface area contributed by atoms with Gasteiger partial charge in [-0.2, -0.15) is 0 Å². The second-order valence-electron chi connectivity index (χ2n) is 6.40. The van der Waals surface area contributed by atoms with Gasteiger partial charge in [-0.1, -0.05) is 22.9 Å². The van der Waals surface area contributed by atoms with Gasteiger partial charge < -0.3 is 15.4 Å². The van der Waals surface area contributed by atoms with Crippen molar-refractivity contribution >= 4 is 39.1 Å². The quantitative estimate of drug-likeness (QED) is 0.665. The van der Waals surface area contributed by atoms with E-state index in [-0.39, 0.29) is 11.8 Å². The lowest BCUT2D eigenvalue weighted by Gasteiger charge is -2.25. The van der Waals surface area contributed by atoms with Crippen molar-refractivity contribution in [1.82, 2.24) is 0 Å². The van der Waals surface area contributed by atoms with Crippen molar-refractivity contribution in [2.75, 3.05) is 10.6 Å². The van der Waals surface area contributed by atoms with E-state index in [0.29, 0.717) is 23.5 Å². The third-order valence-corrected chi connectivity index (χ3v) is 4.17. The van der Waals surface area contributed by atoms with Crippen LogP contribution >= 0.6 is 15.9 Å². The fourth-order valence-electron chi connectivity index (χ4n) is 2.21. The van der Waals surface area contributed by atoms with Crippen LogP contribution in [0.5, 0.6) is 5.75 Å². The molecule has 6 heteroatoms. The number of carbonyl (C=O) groups is 2.